The second kappa shape index (κ2) is 3.22. The largest absolute Gasteiger partial charge is 0.550 e. The maximum atomic E-state index is 9.91. The molecular weight excluding hydrogens is 198 g/mol. The smallest absolute Gasteiger partial charge is 0.0467 e. The van der Waals surface area contributed by atoms with E-state index in [9.17, 15) is 9.90 Å². The van der Waals surface area contributed by atoms with E-state index in [-0.39, 0.29) is 20.4 Å². The Balaban J connectivity index is 0. The van der Waals surface area contributed by atoms with Crippen molar-refractivity contribution in [3.63, 3.8) is 0 Å². The molecule has 0 spiro atoms. The van der Waals surface area contributed by atoms with Gasteiger partial charge in [0.25, 0.3) is 0 Å². The van der Waals surface area contributed by atoms with Crippen LogP contribution in [0.2, 0.25) is 0 Å². The third-order valence-electron chi connectivity index (χ3n) is 0.612. The normalized spacial score (nSPS) is 9.88. The van der Waals surface area contributed by atoms with Gasteiger partial charge in [0.05, 0.1) is 0 Å². The van der Waals surface area contributed by atoms with Crippen LogP contribution in [-0.4, -0.2) is 5.97 Å². The van der Waals surface area contributed by atoms with E-state index >= 15 is 0 Å². The standard InChI is InChI=1S/C5H10O2.Pd/c1-5(2,3)4(6)7;/h1-3H3,(H,6,7);/p-1. The van der Waals surface area contributed by atoms with Gasteiger partial charge in [0.2, 0.25) is 0 Å². The molecule has 0 saturated carbocycles. The second-order valence-corrected chi connectivity index (χ2v) is 2.54. The topological polar surface area (TPSA) is 40.1 Å². The van der Waals surface area contributed by atoms with Crippen LogP contribution in [0.5, 0.6) is 0 Å². The summed E-state index contributed by atoms with van der Waals surface area (Å²) < 4.78 is 0. The molecule has 3 heteroatoms. The van der Waals surface area contributed by atoms with Crippen molar-refractivity contribution in [2.75, 3.05) is 0 Å². The molecule has 0 aliphatic heterocycles. The maximum Gasteiger partial charge on any atom is 0.0467 e. The SMILES string of the molecule is CC(C)(C)C(=O)[O-].[Pd]. The van der Waals surface area contributed by atoms with Crippen LogP contribution in [-0.2, 0) is 25.2 Å². The van der Waals surface area contributed by atoms with Crippen molar-refractivity contribution in [1.82, 2.24) is 0 Å². The zero-order valence-electron chi connectivity index (χ0n) is 5.13. The Morgan fingerprint density at radius 1 is 1.38 bits per heavy atom. The first-order valence-corrected chi connectivity index (χ1v) is 2.16. The third kappa shape index (κ3) is 4.30. The van der Waals surface area contributed by atoms with Gasteiger partial charge in [-0.05, 0) is 0 Å². The molecule has 0 unspecified atom stereocenters. The molecule has 0 aromatic rings. The van der Waals surface area contributed by atoms with E-state index in [2.05, 4.69) is 0 Å². The van der Waals surface area contributed by atoms with Gasteiger partial charge in [0.1, 0.15) is 0 Å². The average molecular weight is 208 g/mol. The monoisotopic (exact) mass is 207 g/mol. The molecule has 8 heavy (non-hydrogen) atoms. The van der Waals surface area contributed by atoms with Gasteiger partial charge in [-0.2, -0.15) is 0 Å². The molecule has 0 bridgehead atoms. The summed E-state index contributed by atoms with van der Waals surface area (Å²) in [6.45, 7) is 4.80. The molecule has 0 heterocycles. The van der Waals surface area contributed by atoms with Gasteiger partial charge in [-0.15, -0.1) is 0 Å². The first kappa shape index (κ1) is 11.0. The summed E-state index contributed by atoms with van der Waals surface area (Å²) >= 11 is 0. The molecule has 0 saturated heterocycles. The maximum absolute atomic E-state index is 9.91. The zero-order valence-corrected chi connectivity index (χ0v) is 6.69. The van der Waals surface area contributed by atoms with E-state index in [4.69, 9.17) is 0 Å². The Morgan fingerprint density at radius 3 is 1.50 bits per heavy atom. The number of rotatable bonds is 0. The molecule has 0 rings (SSSR count). The number of aliphatic carboxylic acids is 1. The number of hydrogen-bond donors (Lipinski definition) is 0. The Bertz CT molecular complexity index is 82.9. The van der Waals surface area contributed by atoms with Crippen LogP contribution in [0.15, 0.2) is 0 Å². The average Bonchev–Trinajstić information content (AvgIpc) is 1.31. The molecule has 0 radical (unpaired) electrons. The fraction of sp³-hybridized carbons (Fsp3) is 0.800. The minimum absolute atomic E-state index is 0. The van der Waals surface area contributed by atoms with Gasteiger partial charge in [-0.25, -0.2) is 0 Å². The predicted octanol–water partition coefficient (Wildman–Crippen LogP) is -0.220. The number of carbonyl (C=O) groups excluding carboxylic acids is 1. The van der Waals surface area contributed by atoms with E-state index in [0.29, 0.717) is 0 Å². The minimum Gasteiger partial charge on any atom is -0.550 e. The summed E-state index contributed by atoms with van der Waals surface area (Å²) in [6, 6.07) is 0. The molecule has 0 aliphatic rings. The summed E-state index contributed by atoms with van der Waals surface area (Å²) in [6.07, 6.45) is 0. The van der Waals surface area contributed by atoms with E-state index in [1.165, 1.54) is 0 Å². The molecule has 0 atom stereocenters. The second-order valence-electron chi connectivity index (χ2n) is 2.54. The van der Waals surface area contributed by atoms with Crippen LogP contribution in [0.4, 0.5) is 0 Å². The van der Waals surface area contributed by atoms with Crippen LogP contribution in [0.1, 0.15) is 20.8 Å². The molecule has 0 aromatic carbocycles. The zero-order chi connectivity index (χ0) is 6.08. The number of hydrogen-bond acceptors (Lipinski definition) is 2. The first-order valence-electron chi connectivity index (χ1n) is 2.16. The molecule has 0 aromatic heterocycles. The van der Waals surface area contributed by atoms with Crippen LogP contribution in [0.3, 0.4) is 0 Å². The van der Waals surface area contributed by atoms with Crippen molar-refractivity contribution in [3.8, 4) is 0 Å². The molecule has 52 valence electrons. The molecule has 0 fully saturated rings. The molecular formula is C5H9O2Pd-. The number of carboxylic acids is 1. The van der Waals surface area contributed by atoms with Crippen LogP contribution >= 0.6 is 0 Å². The van der Waals surface area contributed by atoms with Crippen LogP contribution < -0.4 is 5.11 Å². The molecule has 0 aliphatic carbocycles. The van der Waals surface area contributed by atoms with Crippen LogP contribution in [0, 0.1) is 5.41 Å². The van der Waals surface area contributed by atoms with Crippen molar-refractivity contribution < 1.29 is 30.3 Å². The molecule has 0 amide bonds. The summed E-state index contributed by atoms with van der Waals surface area (Å²) in [7, 11) is 0. The van der Waals surface area contributed by atoms with Gasteiger partial charge >= 0.3 is 0 Å². The summed E-state index contributed by atoms with van der Waals surface area (Å²) in [5.41, 5.74) is -0.694. The molecule has 0 N–H and O–H groups in total. The fourth-order valence-corrected chi connectivity index (χ4v) is 0. The van der Waals surface area contributed by atoms with Gasteiger partial charge < -0.3 is 9.90 Å². The quantitative estimate of drug-likeness (QED) is 0.516. The van der Waals surface area contributed by atoms with Crippen molar-refractivity contribution in [3.05, 3.63) is 0 Å². The van der Waals surface area contributed by atoms with Gasteiger partial charge in [-0.3, -0.25) is 0 Å². The van der Waals surface area contributed by atoms with Gasteiger partial charge in [-0.1, -0.05) is 20.8 Å². The van der Waals surface area contributed by atoms with E-state index in [1.54, 1.807) is 20.8 Å². The summed E-state index contributed by atoms with van der Waals surface area (Å²) in [5, 5.41) is 9.91. The van der Waals surface area contributed by atoms with Gasteiger partial charge in [0, 0.05) is 31.8 Å². The van der Waals surface area contributed by atoms with E-state index in [1.807, 2.05) is 0 Å². The van der Waals surface area contributed by atoms with Crippen LogP contribution in [0.25, 0.3) is 0 Å². The predicted molar refractivity (Wildman–Crippen MR) is 24.5 cm³/mol. The fourth-order valence-electron chi connectivity index (χ4n) is 0. The van der Waals surface area contributed by atoms with Crippen molar-refractivity contribution in [1.29, 1.82) is 0 Å². The molecule has 2 nitrogen and oxygen atoms in total. The minimum atomic E-state index is -1.01. The number of carboxylic acid groups (broad SMARTS) is 1. The Labute approximate surface area is 62.9 Å². The van der Waals surface area contributed by atoms with E-state index < -0.39 is 11.4 Å². The van der Waals surface area contributed by atoms with Crippen molar-refractivity contribution >= 4 is 5.97 Å². The van der Waals surface area contributed by atoms with E-state index in [0.717, 1.165) is 0 Å². The Morgan fingerprint density at radius 2 is 1.50 bits per heavy atom. The number of carbonyl (C=O) groups is 1. The summed E-state index contributed by atoms with van der Waals surface area (Å²) in [4.78, 5) is 9.91. The van der Waals surface area contributed by atoms with Gasteiger partial charge in [0.15, 0.2) is 0 Å². The Hall–Kier alpha value is 0.132. The first-order chi connectivity index (χ1) is 2.94. The van der Waals surface area contributed by atoms with Crippen molar-refractivity contribution in [2.24, 2.45) is 5.41 Å². The Kier molecular flexibility index (Phi) is 4.42. The summed E-state index contributed by atoms with van der Waals surface area (Å²) in [5.74, 6) is -1.01. The third-order valence-corrected chi connectivity index (χ3v) is 0.612. The van der Waals surface area contributed by atoms with Crippen molar-refractivity contribution in [2.45, 2.75) is 20.8 Å².